The highest BCUT2D eigenvalue weighted by Gasteiger charge is 2.02. The maximum absolute atomic E-state index is 11.3. The van der Waals surface area contributed by atoms with Gasteiger partial charge in [-0.2, -0.15) is 5.10 Å². The number of esters is 1. The van der Waals surface area contributed by atoms with Crippen LogP contribution in [0.2, 0.25) is 0 Å². The minimum Gasteiger partial charge on any atom is -0.466 e. The van der Waals surface area contributed by atoms with Gasteiger partial charge in [-0.1, -0.05) is 12.8 Å². The predicted molar refractivity (Wildman–Crippen MR) is 125 cm³/mol. The van der Waals surface area contributed by atoms with Gasteiger partial charge in [-0.05, 0) is 53.0 Å². The van der Waals surface area contributed by atoms with Crippen LogP contribution in [-0.2, 0) is 16.1 Å². The molecule has 2 N–H and O–H groups in total. The van der Waals surface area contributed by atoms with E-state index in [9.17, 15) is 4.79 Å². The SMILES string of the molecule is CCNC(=NCCCn1nc(C)cc1C)NCCCCCCC(=O)OCC.I. The van der Waals surface area contributed by atoms with Crippen molar-refractivity contribution in [1.82, 2.24) is 20.4 Å². The van der Waals surface area contributed by atoms with E-state index >= 15 is 0 Å². The lowest BCUT2D eigenvalue weighted by atomic mass is 10.1. The number of hydrogen-bond donors (Lipinski definition) is 2. The normalized spacial score (nSPS) is 11.1. The molecule has 0 radical (unpaired) electrons. The van der Waals surface area contributed by atoms with Gasteiger partial charge in [-0.25, -0.2) is 0 Å². The van der Waals surface area contributed by atoms with Crippen molar-refractivity contribution < 1.29 is 9.53 Å². The molecule has 7 nitrogen and oxygen atoms in total. The Balaban J connectivity index is 0.00000729. The molecule has 1 aromatic rings. The summed E-state index contributed by atoms with van der Waals surface area (Å²) in [6.07, 6.45) is 5.62. The van der Waals surface area contributed by atoms with Crippen LogP contribution in [-0.4, -0.2) is 48.0 Å². The summed E-state index contributed by atoms with van der Waals surface area (Å²) in [6.45, 7) is 11.9. The Morgan fingerprint density at radius 1 is 1.14 bits per heavy atom. The Labute approximate surface area is 187 Å². The first-order valence-electron chi connectivity index (χ1n) is 10.3. The van der Waals surface area contributed by atoms with Gasteiger partial charge in [0.1, 0.15) is 0 Å². The monoisotopic (exact) mass is 507 g/mol. The zero-order chi connectivity index (χ0) is 19.9. The van der Waals surface area contributed by atoms with E-state index in [1.54, 1.807) is 0 Å². The first kappa shape index (κ1) is 26.7. The van der Waals surface area contributed by atoms with Crippen molar-refractivity contribution in [3.63, 3.8) is 0 Å². The minimum absolute atomic E-state index is 0. The third kappa shape index (κ3) is 12.2. The van der Waals surface area contributed by atoms with Crippen molar-refractivity contribution in [2.24, 2.45) is 4.99 Å². The first-order valence-corrected chi connectivity index (χ1v) is 10.3. The Morgan fingerprint density at radius 2 is 1.89 bits per heavy atom. The van der Waals surface area contributed by atoms with Gasteiger partial charge in [-0.15, -0.1) is 24.0 Å². The van der Waals surface area contributed by atoms with Crippen molar-refractivity contribution in [2.45, 2.75) is 72.8 Å². The molecule has 1 aromatic heterocycles. The zero-order valence-corrected chi connectivity index (χ0v) is 20.3. The Morgan fingerprint density at radius 3 is 2.54 bits per heavy atom. The number of aryl methyl sites for hydroxylation is 3. The molecule has 0 aliphatic heterocycles. The van der Waals surface area contributed by atoms with Crippen LogP contribution in [0.1, 0.15) is 63.8 Å². The number of carbonyl (C=O) groups is 1. The van der Waals surface area contributed by atoms with Crippen LogP contribution in [0.5, 0.6) is 0 Å². The predicted octanol–water partition coefficient (Wildman–Crippen LogP) is 3.58. The Kier molecular flexibility index (Phi) is 15.8. The second kappa shape index (κ2) is 16.6. The van der Waals surface area contributed by atoms with Crippen LogP contribution in [0.15, 0.2) is 11.1 Å². The Bertz CT molecular complexity index is 575. The molecule has 0 aliphatic rings. The largest absolute Gasteiger partial charge is 0.466 e. The summed E-state index contributed by atoms with van der Waals surface area (Å²) < 4.78 is 6.97. The molecule has 1 heterocycles. The van der Waals surface area contributed by atoms with E-state index in [2.05, 4.69) is 40.6 Å². The van der Waals surface area contributed by atoms with Gasteiger partial charge in [0.25, 0.3) is 0 Å². The molecule has 0 spiro atoms. The molecule has 0 unspecified atom stereocenters. The highest BCUT2D eigenvalue weighted by atomic mass is 127. The Hall–Kier alpha value is -1.32. The number of halogens is 1. The van der Waals surface area contributed by atoms with E-state index in [1.807, 2.05) is 18.5 Å². The van der Waals surface area contributed by atoms with E-state index < -0.39 is 0 Å². The number of rotatable bonds is 13. The number of nitrogens with zero attached hydrogens (tertiary/aromatic N) is 3. The summed E-state index contributed by atoms with van der Waals surface area (Å²) in [5.41, 5.74) is 2.26. The highest BCUT2D eigenvalue weighted by molar-refractivity contribution is 14.0. The molecule has 0 saturated heterocycles. The summed E-state index contributed by atoms with van der Waals surface area (Å²) in [4.78, 5) is 15.9. The number of carbonyl (C=O) groups excluding carboxylic acids is 1. The third-order valence-electron chi connectivity index (χ3n) is 4.15. The van der Waals surface area contributed by atoms with Gasteiger partial charge in [0, 0.05) is 38.3 Å². The summed E-state index contributed by atoms with van der Waals surface area (Å²) in [6, 6.07) is 2.10. The molecule has 28 heavy (non-hydrogen) atoms. The summed E-state index contributed by atoms with van der Waals surface area (Å²) >= 11 is 0. The van der Waals surface area contributed by atoms with Gasteiger partial charge in [0.15, 0.2) is 5.96 Å². The van der Waals surface area contributed by atoms with Crippen LogP contribution < -0.4 is 10.6 Å². The smallest absolute Gasteiger partial charge is 0.305 e. The second-order valence-corrected chi connectivity index (χ2v) is 6.66. The van der Waals surface area contributed by atoms with E-state index in [4.69, 9.17) is 4.74 Å². The molecule has 1 rings (SSSR count). The highest BCUT2D eigenvalue weighted by Crippen LogP contribution is 2.04. The van der Waals surface area contributed by atoms with Gasteiger partial charge in [-0.3, -0.25) is 14.5 Å². The van der Waals surface area contributed by atoms with Crippen molar-refractivity contribution in [3.05, 3.63) is 17.5 Å². The van der Waals surface area contributed by atoms with Gasteiger partial charge in [0.05, 0.1) is 12.3 Å². The quantitative estimate of drug-likeness (QED) is 0.140. The number of hydrogen-bond acceptors (Lipinski definition) is 4. The molecule has 162 valence electrons. The first-order chi connectivity index (χ1) is 13.1. The van der Waals surface area contributed by atoms with E-state index in [1.165, 1.54) is 5.69 Å². The van der Waals surface area contributed by atoms with Crippen LogP contribution in [0.25, 0.3) is 0 Å². The molecule has 0 aromatic carbocycles. The average molecular weight is 507 g/mol. The third-order valence-corrected chi connectivity index (χ3v) is 4.15. The molecule has 0 fully saturated rings. The summed E-state index contributed by atoms with van der Waals surface area (Å²) in [5.74, 6) is 0.787. The van der Waals surface area contributed by atoms with Crippen molar-refractivity contribution in [2.75, 3.05) is 26.2 Å². The summed E-state index contributed by atoms with van der Waals surface area (Å²) in [5, 5.41) is 11.1. The lowest BCUT2D eigenvalue weighted by Gasteiger charge is -2.11. The second-order valence-electron chi connectivity index (χ2n) is 6.66. The van der Waals surface area contributed by atoms with Crippen molar-refractivity contribution >= 4 is 35.9 Å². The number of nitrogens with one attached hydrogen (secondary N) is 2. The van der Waals surface area contributed by atoms with E-state index in [-0.39, 0.29) is 29.9 Å². The fourth-order valence-corrected chi connectivity index (χ4v) is 2.84. The minimum atomic E-state index is -0.0855. The van der Waals surface area contributed by atoms with Crippen molar-refractivity contribution in [3.8, 4) is 0 Å². The van der Waals surface area contributed by atoms with Crippen LogP contribution >= 0.6 is 24.0 Å². The molecular formula is C20H38IN5O2. The number of unbranched alkanes of at least 4 members (excludes halogenated alkanes) is 3. The molecule has 0 bridgehead atoms. The number of ether oxygens (including phenoxy) is 1. The average Bonchev–Trinajstić information content (AvgIpc) is 2.95. The van der Waals surface area contributed by atoms with Gasteiger partial charge >= 0.3 is 5.97 Å². The van der Waals surface area contributed by atoms with Gasteiger partial charge in [0.2, 0.25) is 0 Å². The molecular weight excluding hydrogens is 469 g/mol. The molecule has 0 amide bonds. The zero-order valence-electron chi connectivity index (χ0n) is 17.9. The number of aliphatic imine (C=N–C) groups is 1. The van der Waals surface area contributed by atoms with E-state index in [0.29, 0.717) is 13.0 Å². The lowest BCUT2D eigenvalue weighted by Crippen LogP contribution is -2.37. The molecule has 8 heteroatoms. The van der Waals surface area contributed by atoms with Gasteiger partial charge < -0.3 is 15.4 Å². The molecule has 0 atom stereocenters. The lowest BCUT2D eigenvalue weighted by molar-refractivity contribution is -0.143. The standard InChI is InChI=1S/C20H37N5O2.HI/c1-5-21-20(22-13-10-8-7-9-12-19(26)27-6-2)23-14-11-15-25-18(4)16-17(3)24-25;/h16H,5-15H2,1-4H3,(H2,21,22,23);1H. The summed E-state index contributed by atoms with van der Waals surface area (Å²) in [7, 11) is 0. The maximum atomic E-state index is 11.3. The maximum Gasteiger partial charge on any atom is 0.305 e. The fourth-order valence-electron chi connectivity index (χ4n) is 2.84. The number of aromatic nitrogens is 2. The van der Waals surface area contributed by atoms with Crippen LogP contribution in [0, 0.1) is 13.8 Å². The van der Waals surface area contributed by atoms with Crippen molar-refractivity contribution in [1.29, 1.82) is 0 Å². The molecule has 0 aliphatic carbocycles. The van der Waals surface area contributed by atoms with Crippen LogP contribution in [0.4, 0.5) is 0 Å². The topological polar surface area (TPSA) is 80.5 Å². The number of guanidine groups is 1. The van der Waals surface area contributed by atoms with E-state index in [0.717, 1.165) is 69.9 Å². The van der Waals surface area contributed by atoms with Crippen LogP contribution in [0.3, 0.4) is 0 Å². The molecule has 0 saturated carbocycles. The fraction of sp³-hybridized carbons (Fsp3) is 0.750.